The molecule has 0 spiro atoms. The largest absolute Gasteiger partial charge is 0.393 e. The minimum atomic E-state index is -0.431. The number of carbonyl (C=O) groups is 2. The molecule has 6 heteroatoms. The summed E-state index contributed by atoms with van der Waals surface area (Å²) in [6.07, 6.45) is 0.0861. The van der Waals surface area contributed by atoms with E-state index in [9.17, 15) is 9.59 Å². The number of fused-ring (bicyclic) bond motifs is 1. The Bertz CT molecular complexity index is 503. The average molecular weight is 280 g/mol. The van der Waals surface area contributed by atoms with E-state index in [1.54, 1.807) is 19.1 Å². The first-order valence-corrected chi connectivity index (χ1v) is 7.08. The maximum atomic E-state index is 11.9. The molecule has 0 saturated heterocycles. The van der Waals surface area contributed by atoms with Crippen LogP contribution in [0.2, 0.25) is 0 Å². The van der Waals surface area contributed by atoms with E-state index in [-0.39, 0.29) is 11.8 Å². The molecule has 19 heavy (non-hydrogen) atoms. The van der Waals surface area contributed by atoms with Crippen LogP contribution in [0.15, 0.2) is 23.1 Å². The monoisotopic (exact) mass is 280 g/mol. The highest BCUT2D eigenvalue weighted by atomic mass is 32.2. The van der Waals surface area contributed by atoms with Crippen molar-refractivity contribution in [2.45, 2.75) is 24.3 Å². The molecule has 102 valence electrons. The van der Waals surface area contributed by atoms with Gasteiger partial charge in [-0.15, -0.1) is 11.8 Å². The molecule has 1 aromatic rings. The minimum Gasteiger partial charge on any atom is -0.393 e. The number of aliphatic hydroxyl groups excluding tert-OH is 1. The number of benzene rings is 1. The number of amides is 2. The van der Waals surface area contributed by atoms with Crippen LogP contribution in [0.5, 0.6) is 0 Å². The molecule has 0 aromatic heterocycles. The second kappa shape index (κ2) is 6.08. The molecular weight excluding hydrogens is 264 g/mol. The lowest BCUT2D eigenvalue weighted by atomic mass is 10.1. The van der Waals surface area contributed by atoms with Gasteiger partial charge in [-0.25, -0.2) is 0 Å². The van der Waals surface area contributed by atoms with Crippen LogP contribution in [0.3, 0.4) is 0 Å². The first-order valence-electron chi connectivity index (χ1n) is 6.09. The fraction of sp³-hybridized carbons (Fsp3) is 0.385. The van der Waals surface area contributed by atoms with Gasteiger partial charge in [-0.1, -0.05) is 0 Å². The third-order valence-corrected chi connectivity index (χ3v) is 3.80. The molecule has 1 aromatic carbocycles. The summed E-state index contributed by atoms with van der Waals surface area (Å²) in [6.45, 7) is 2.10. The van der Waals surface area contributed by atoms with Crippen molar-refractivity contribution in [2.24, 2.45) is 0 Å². The highest BCUT2D eigenvalue weighted by Crippen LogP contribution is 2.31. The van der Waals surface area contributed by atoms with Gasteiger partial charge in [0.2, 0.25) is 5.91 Å². The van der Waals surface area contributed by atoms with Crippen LogP contribution < -0.4 is 10.6 Å². The minimum absolute atomic E-state index is 0.0517. The van der Waals surface area contributed by atoms with E-state index < -0.39 is 6.10 Å². The summed E-state index contributed by atoms with van der Waals surface area (Å²) in [6, 6.07) is 5.25. The first kappa shape index (κ1) is 13.9. The lowest BCUT2D eigenvalue weighted by molar-refractivity contribution is -0.113. The van der Waals surface area contributed by atoms with Crippen LogP contribution in [0.4, 0.5) is 5.69 Å². The quantitative estimate of drug-likeness (QED) is 0.775. The second-order valence-electron chi connectivity index (χ2n) is 4.44. The van der Waals surface area contributed by atoms with Gasteiger partial charge < -0.3 is 15.7 Å². The molecule has 1 atom stereocenters. The van der Waals surface area contributed by atoms with Gasteiger partial charge in [0.1, 0.15) is 0 Å². The fourth-order valence-electron chi connectivity index (χ4n) is 1.72. The summed E-state index contributed by atoms with van der Waals surface area (Å²) in [5.74, 6) is 0.157. The maximum Gasteiger partial charge on any atom is 0.251 e. The Kier molecular flexibility index (Phi) is 4.44. The van der Waals surface area contributed by atoms with Gasteiger partial charge in [-0.05, 0) is 31.5 Å². The lowest BCUT2D eigenvalue weighted by Crippen LogP contribution is -2.27. The fourth-order valence-corrected chi connectivity index (χ4v) is 2.51. The van der Waals surface area contributed by atoms with Crippen molar-refractivity contribution >= 4 is 29.3 Å². The molecule has 1 unspecified atom stereocenters. The molecule has 1 aliphatic rings. The van der Waals surface area contributed by atoms with Gasteiger partial charge in [0, 0.05) is 17.0 Å². The Hall–Kier alpha value is -1.53. The summed E-state index contributed by atoms with van der Waals surface area (Å²) < 4.78 is 0. The highest BCUT2D eigenvalue weighted by Gasteiger charge is 2.17. The van der Waals surface area contributed by atoms with Gasteiger partial charge in [0.15, 0.2) is 0 Å². The van der Waals surface area contributed by atoms with Gasteiger partial charge >= 0.3 is 0 Å². The van der Waals surface area contributed by atoms with Crippen molar-refractivity contribution in [1.29, 1.82) is 0 Å². The maximum absolute atomic E-state index is 11.9. The third kappa shape index (κ3) is 3.71. The summed E-state index contributed by atoms with van der Waals surface area (Å²) in [4.78, 5) is 24.1. The highest BCUT2D eigenvalue weighted by molar-refractivity contribution is 8.00. The van der Waals surface area contributed by atoms with Crippen molar-refractivity contribution < 1.29 is 14.7 Å². The molecule has 2 rings (SSSR count). The topological polar surface area (TPSA) is 78.4 Å². The smallest absolute Gasteiger partial charge is 0.251 e. The van der Waals surface area contributed by atoms with E-state index in [0.29, 0.717) is 30.0 Å². The Morgan fingerprint density at radius 3 is 3.11 bits per heavy atom. The average Bonchev–Trinajstić information content (AvgIpc) is 2.37. The van der Waals surface area contributed by atoms with E-state index in [4.69, 9.17) is 5.11 Å². The second-order valence-corrected chi connectivity index (χ2v) is 5.46. The SMILES string of the molecule is CC(O)CCNC(=O)c1ccc2c(c1)NC(=O)CS2. The molecule has 5 nitrogen and oxygen atoms in total. The van der Waals surface area contributed by atoms with Gasteiger partial charge in [-0.3, -0.25) is 9.59 Å². The van der Waals surface area contributed by atoms with Crippen molar-refractivity contribution in [3.8, 4) is 0 Å². The van der Waals surface area contributed by atoms with Crippen LogP contribution >= 0.6 is 11.8 Å². The molecule has 0 saturated carbocycles. The van der Waals surface area contributed by atoms with Crippen LogP contribution in [0.25, 0.3) is 0 Å². The van der Waals surface area contributed by atoms with E-state index in [1.165, 1.54) is 11.8 Å². The van der Waals surface area contributed by atoms with Crippen molar-refractivity contribution in [2.75, 3.05) is 17.6 Å². The number of hydrogen-bond acceptors (Lipinski definition) is 4. The molecule has 3 N–H and O–H groups in total. The van der Waals surface area contributed by atoms with Crippen LogP contribution in [-0.4, -0.2) is 35.3 Å². The summed E-state index contributed by atoms with van der Waals surface area (Å²) in [7, 11) is 0. The Balaban J connectivity index is 2.02. The number of thioether (sulfide) groups is 1. The molecule has 1 heterocycles. The van der Waals surface area contributed by atoms with E-state index in [0.717, 1.165) is 4.90 Å². The Morgan fingerprint density at radius 2 is 2.37 bits per heavy atom. The van der Waals surface area contributed by atoms with Gasteiger partial charge in [0.25, 0.3) is 5.91 Å². The lowest BCUT2D eigenvalue weighted by Gasteiger charge is -2.17. The molecule has 2 amide bonds. The van der Waals surface area contributed by atoms with Crippen molar-refractivity contribution in [1.82, 2.24) is 5.32 Å². The van der Waals surface area contributed by atoms with Crippen LogP contribution in [0.1, 0.15) is 23.7 Å². The zero-order valence-corrected chi connectivity index (χ0v) is 11.4. The number of rotatable bonds is 4. The Morgan fingerprint density at radius 1 is 1.58 bits per heavy atom. The normalized spacial score (nSPS) is 15.4. The molecule has 0 radical (unpaired) electrons. The van der Waals surface area contributed by atoms with E-state index >= 15 is 0 Å². The molecule has 0 fully saturated rings. The third-order valence-electron chi connectivity index (χ3n) is 2.72. The van der Waals surface area contributed by atoms with Crippen molar-refractivity contribution in [3.63, 3.8) is 0 Å². The van der Waals surface area contributed by atoms with Gasteiger partial charge in [-0.2, -0.15) is 0 Å². The number of anilines is 1. The predicted molar refractivity (Wildman–Crippen MR) is 74.4 cm³/mol. The van der Waals surface area contributed by atoms with E-state index in [2.05, 4.69) is 10.6 Å². The number of aliphatic hydroxyl groups is 1. The van der Waals surface area contributed by atoms with E-state index in [1.807, 2.05) is 6.07 Å². The predicted octanol–water partition coefficient (Wildman–Crippen LogP) is 1.23. The molecule has 1 aliphatic heterocycles. The summed E-state index contributed by atoms with van der Waals surface area (Å²) >= 11 is 1.46. The summed E-state index contributed by atoms with van der Waals surface area (Å²) in [5, 5.41) is 14.6. The zero-order chi connectivity index (χ0) is 13.8. The molecule has 0 aliphatic carbocycles. The van der Waals surface area contributed by atoms with Crippen molar-refractivity contribution in [3.05, 3.63) is 23.8 Å². The molecular formula is C13H16N2O3S. The first-order chi connectivity index (χ1) is 9.06. The number of nitrogens with one attached hydrogen (secondary N) is 2. The zero-order valence-electron chi connectivity index (χ0n) is 10.6. The Labute approximate surface area is 115 Å². The molecule has 0 bridgehead atoms. The summed E-state index contributed by atoms with van der Waals surface area (Å²) in [5.41, 5.74) is 1.19. The van der Waals surface area contributed by atoms with Crippen LogP contribution in [-0.2, 0) is 4.79 Å². The number of hydrogen-bond donors (Lipinski definition) is 3. The number of carbonyl (C=O) groups excluding carboxylic acids is 2. The van der Waals surface area contributed by atoms with Crippen LogP contribution in [0, 0.1) is 0 Å². The standard InChI is InChI=1S/C13H16N2O3S/c1-8(16)4-5-14-13(18)9-2-3-11-10(6-9)15-12(17)7-19-11/h2-3,6,8,16H,4-5,7H2,1H3,(H,14,18)(H,15,17). The van der Waals surface area contributed by atoms with Gasteiger partial charge in [0.05, 0.1) is 17.5 Å².